The number of benzene rings is 1. The summed E-state index contributed by atoms with van der Waals surface area (Å²) in [6.45, 7) is 7.77. The molecule has 0 spiro atoms. The summed E-state index contributed by atoms with van der Waals surface area (Å²) in [5, 5.41) is 0. The molecule has 0 bridgehead atoms. The van der Waals surface area contributed by atoms with E-state index in [0.717, 1.165) is 31.5 Å². The minimum absolute atomic E-state index is 0.0530. The predicted octanol–water partition coefficient (Wildman–Crippen LogP) is 4.73. The van der Waals surface area contributed by atoms with E-state index < -0.39 is 5.56 Å². The minimum atomic E-state index is -0.412. The number of carbonyl (C=O) groups excluding carboxylic acids is 1. The minimum Gasteiger partial charge on any atom is -0.486 e. The molecule has 0 atom stereocenters. The first-order valence-corrected chi connectivity index (χ1v) is 12.6. The van der Waals surface area contributed by atoms with Gasteiger partial charge < -0.3 is 14.2 Å². The Morgan fingerprint density at radius 1 is 1.06 bits per heavy atom. The second-order valence-electron chi connectivity index (χ2n) is 9.84. The number of hydrogen-bond acceptors (Lipinski definition) is 4. The number of nitrogens with zero attached hydrogens (tertiary/aromatic N) is 3. The third-order valence-electron chi connectivity index (χ3n) is 7.31. The first kappa shape index (κ1) is 23.5. The molecular formula is C27H37N3O3. The van der Waals surface area contributed by atoms with Crippen LogP contribution in [0.4, 0.5) is 0 Å². The van der Waals surface area contributed by atoms with Crippen molar-refractivity contribution in [2.75, 3.05) is 13.2 Å². The van der Waals surface area contributed by atoms with Crippen molar-refractivity contribution < 1.29 is 9.53 Å². The third-order valence-corrected chi connectivity index (χ3v) is 7.31. The highest BCUT2D eigenvalue weighted by Gasteiger charge is 2.38. The Morgan fingerprint density at radius 2 is 1.79 bits per heavy atom. The molecule has 0 N–H and O–H groups in total. The topological polar surface area (TPSA) is 64.4 Å². The number of unbranched alkanes of at least 4 members (excludes halogenated alkanes) is 1. The van der Waals surface area contributed by atoms with Crippen LogP contribution in [0.25, 0.3) is 0 Å². The number of hydrogen-bond donors (Lipinski definition) is 0. The van der Waals surface area contributed by atoms with Crippen molar-refractivity contribution in [2.45, 2.75) is 90.1 Å². The molecule has 178 valence electrons. The van der Waals surface area contributed by atoms with Gasteiger partial charge in [-0.05, 0) is 38.7 Å². The van der Waals surface area contributed by atoms with Gasteiger partial charge in [0.2, 0.25) is 5.75 Å². The van der Waals surface area contributed by atoms with E-state index >= 15 is 0 Å². The Bertz CT molecular complexity index is 1020. The highest BCUT2D eigenvalue weighted by atomic mass is 16.5. The standard InChI is InChI=1S/C27H37N3O3/c1-4-5-18-33-24-23-26(32)29(20(2)3)16-17-30(23)22(28-25(24)31)19-27(14-10-7-11-15-27)21-12-8-6-9-13-21/h6,8-9,12-13,20H,4-5,7,10-11,14-19H2,1-3H3. The van der Waals surface area contributed by atoms with Gasteiger partial charge in [-0.2, -0.15) is 4.98 Å². The second kappa shape index (κ2) is 10.1. The molecule has 1 aromatic carbocycles. The molecule has 1 saturated carbocycles. The van der Waals surface area contributed by atoms with E-state index in [1.807, 2.05) is 29.4 Å². The lowest BCUT2D eigenvalue weighted by Gasteiger charge is -2.40. The van der Waals surface area contributed by atoms with Crippen LogP contribution >= 0.6 is 0 Å². The van der Waals surface area contributed by atoms with Crippen molar-refractivity contribution in [3.63, 3.8) is 0 Å². The van der Waals surface area contributed by atoms with E-state index in [4.69, 9.17) is 4.74 Å². The Kier molecular flexibility index (Phi) is 7.20. The summed E-state index contributed by atoms with van der Waals surface area (Å²) in [4.78, 5) is 33.1. The number of aromatic nitrogens is 2. The smallest absolute Gasteiger partial charge is 0.316 e. The molecule has 0 unspecified atom stereocenters. The first-order valence-electron chi connectivity index (χ1n) is 12.6. The lowest BCUT2D eigenvalue weighted by Crippen LogP contribution is -2.47. The van der Waals surface area contributed by atoms with Crippen LogP contribution in [0.5, 0.6) is 5.75 Å². The highest BCUT2D eigenvalue weighted by molar-refractivity contribution is 5.96. The van der Waals surface area contributed by atoms with Crippen LogP contribution in [0.1, 0.15) is 87.6 Å². The molecular weight excluding hydrogens is 414 g/mol. The molecule has 4 rings (SSSR count). The molecule has 1 aliphatic carbocycles. The Hall–Kier alpha value is -2.63. The van der Waals surface area contributed by atoms with Crippen molar-refractivity contribution >= 4 is 5.91 Å². The molecule has 33 heavy (non-hydrogen) atoms. The van der Waals surface area contributed by atoms with Crippen molar-refractivity contribution in [1.82, 2.24) is 14.5 Å². The van der Waals surface area contributed by atoms with Crippen molar-refractivity contribution in [3.8, 4) is 5.75 Å². The molecule has 2 heterocycles. The summed E-state index contributed by atoms with van der Waals surface area (Å²) in [6, 6.07) is 10.7. The van der Waals surface area contributed by atoms with Gasteiger partial charge in [0.15, 0.2) is 5.69 Å². The van der Waals surface area contributed by atoms with Gasteiger partial charge in [0.05, 0.1) is 6.61 Å². The Labute approximate surface area is 197 Å². The normalized spacial score (nSPS) is 17.8. The number of carbonyl (C=O) groups is 1. The molecule has 2 aromatic rings. The molecule has 0 saturated heterocycles. The molecule has 6 heteroatoms. The SMILES string of the molecule is CCCCOc1c2n(c(CC3(c4ccccc4)CCCCC3)nc1=O)CCN(C(C)C)C2=O. The van der Waals surface area contributed by atoms with Crippen LogP contribution < -0.4 is 10.3 Å². The van der Waals surface area contributed by atoms with Crippen molar-refractivity contribution in [2.24, 2.45) is 0 Å². The predicted molar refractivity (Wildman–Crippen MR) is 130 cm³/mol. The maximum absolute atomic E-state index is 13.5. The zero-order valence-electron chi connectivity index (χ0n) is 20.3. The zero-order chi connectivity index (χ0) is 23.4. The van der Waals surface area contributed by atoms with Crippen LogP contribution in [0.15, 0.2) is 35.1 Å². The highest BCUT2D eigenvalue weighted by Crippen LogP contribution is 2.42. The largest absolute Gasteiger partial charge is 0.486 e. The Balaban J connectivity index is 1.80. The lowest BCUT2D eigenvalue weighted by molar-refractivity contribution is 0.0633. The van der Waals surface area contributed by atoms with Crippen molar-refractivity contribution in [1.29, 1.82) is 0 Å². The van der Waals surface area contributed by atoms with Gasteiger partial charge in [0.25, 0.3) is 5.91 Å². The number of amides is 1. The van der Waals surface area contributed by atoms with Gasteiger partial charge in [0.1, 0.15) is 5.82 Å². The quantitative estimate of drug-likeness (QED) is 0.544. The lowest BCUT2D eigenvalue weighted by atomic mass is 9.67. The maximum atomic E-state index is 13.5. The molecule has 0 radical (unpaired) electrons. The number of fused-ring (bicyclic) bond motifs is 1. The fourth-order valence-corrected chi connectivity index (χ4v) is 5.45. The summed E-state index contributed by atoms with van der Waals surface area (Å²) in [5.74, 6) is 0.723. The third kappa shape index (κ3) is 4.71. The average molecular weight is 452 g/mol. The van der Waals surface area contributed by atoms with E-state index in [9.17, 15) is 9.59 Å². The van der Waals surface area contributed by atoms with Crippen LogP contribution in [0.2, 0.25) is 0 Å². The molecule has 1 aromatic heterocycles. The summed E-state index contributed by atoms with van der Waals surface area (Å²) < 4.78 is 7.87. The maximum Gasteiger partial charge on any atom is 0.316 e. The number of rotatable bonds is 8. The zero-order valence-corrected chi connectivity index (χ0v) is 20.3. The Morgan fingerprint density at radius 3 is 2.45 bits per heavy atom. The number of ether oxygens (including phenoxy) is 1. The van der Waals surface area contributed by atoms with Crippen LogP contribution in [0.3, 0.4) is 0 Å². The van der Waals surface area contributed by atoms with Gasteiger partial charge in [-0.25, -0.2) is 0 Å². The van der Waals surface area contributed by atoms with E-state index in [1.165, 1.54) is 24.8 Å². The monoisotopic (exact) mass is 451 g/mol. The van der Waals surface area contributed by atoms with E-state index in [-0.39, 0.29) is 23.1 Å². The van der Waals surface area contributed by atoms with Crippen LogP contribution in [0, 0.1) is 0 Å². The van der Waals surface area contributed by atoms with Crippen molar-refractivity contribution in [3.05, 3.63) is 57.8 Å². The van der Waals surface area contributed by atoms with Gasteiger partial charge in [-0.1, -0.05) is 62.9 Å². The second-order valence-corrected chi connectivity index (χ2v) is 9.84. The summed E-state index contributed by atoms with van der Waals surface area (Å²) >= 11 is 0. The fraction of sp³-hybridized carbons (Fsp3) is 0.593. The van der Waals surface area contributed by atoms with Gasteiger partial charge >= 0.3 is 5.56 Å². The molecule has 1 aliphatic heterocycles. The van der Waals surface area contributed by atoms with E-state index in [1.54, 1.807) is 0 Å². The average Bonchev–Trinajstić information content (AvgIpc) is 2.82. The summed E-state index contributed by atoms with van der Waals surface area (Å²) in [7, 11) is 0. The summed E-state index contributed by atoms with van der Waals surface area (Å²) in [6.07, 6.45) is 8.19. The van der Waals surface area contributed by atoms with Gasteiger partial charge in [-0.15, -0.1) is 0 Å². The molecule has 1 fully saturated rings. The van der Waals surface area contributed by atoms with E-state index in [0.29, 0.717) is 31.8 Å². The molecule has 1 amide bonds. The van der Waals surface area contributed by atoms with Crippen LogP contribution in [-0.2, 0) is 18.4 Å². The van der Waals surface area contributed by atoms with E-state index in [2.05, 4.69) is 36.2 Å². The van der Waals surface area contributed by atoms with Gasteiger partial charge in [0, 0.05) is 31.0 Å². The molecule has 2 aliphatic rings. The van der Waals surface area contributed by atoms with Gasteiger partial charge in [-0.3, -0.25) is 9.59 Å². The fourth-order valence-electron chi connectivity index (χ4n) is 5.45. The molecule has 6 nitrogen and oxygen atoms in total. The summed E-state index contributed by atoms with van der Waals surface area (Å²) in [5.41, 5.74) is 1.23. The first-order chi connectivity index (χ1) is 16.0. The van der Waals surface area contributed by atoms with Crippen LogP contribution in [-0.4, -0.2) is 39.6 Å².